The summed E-state index contributed by atoms with van der Waals surface area (Å²) in [6.45, 7) is 0. The fourth-order valence-electron chi connectivity index (χ4n) is 1.12. The molecule has 0 bridgehead atoms. The van der Waals surface area contributed by atoms with Crippen LogP contribution in [0.1, 0.15) is 15.9 Å². The first-order chi connectivity index (χ1) is 7.10. The van der Waals surface area contributed by atoms with Crippen molar-refractivity contribution in [3.63, 3.8) is 0 Å². The summed E-state index contributed by atoms with van der Waals surface area (Å²) in [6, 6.07) is 3.31. The first-order valence-corrected chi connectivity index (χ1v) is 4.03. The maximum absolute atomic E-state index is 12.8. The van der Waals surface area contributed by atoms with Gasteiger partial charge in [-0.1, -0.05) is 0 Å². The molecule has 1 aromatic carbocycles. The smallest absolute Gasteiger partial charge is 0.338 e. The molecular weight excluding hydrogens is 204 g/mol. The third kappa shape index (κ3) is 2.29. The van der Waals surface area contributed by atoms with Crippen LogP contribution < -0.4 is 0 Å². The minimum Gasteiger partial charge on any atom is -0.465 e. The van der Waals surface area contributed by atoms with E-state index in [1.807, 2.05) is 0 Å². The van der Waals surface area contributed by atoms with Gasteiger partial charge in [-0.05, 0) is 17.7 Å². The molecule has 0 spiro atoms. The highest BCUT2D eigenvalue weighted by Crippen LogP contribution is 2.16. The lowest BCUT2D eigenvalue weighted by Gasteiger charge is -2.05. The van der Waals surface area contributed by atoms with Gasteiger partial charge in [-0.3, -0.25) is 0 Å². The molecular formula is C10H7F2NO2. The van der Waals surface area contributed by atoms with Crippen LogP contribution in [0, 0.1) is 23.0 Å². The number of hydrogen-bond acceptors (Lipinski definition) is 3. The van der Waals surface area contributed by atoms with E-state index in [4.69, 9.17) is 5.26 Å². The first-order valence-electron chi connectivity index (χ1n) is 4.03. The molecule has 0 aliphatic carbocycles. The van der Waals surface area contributed by atoms with E-state index in [0.717, 1.165) is 19.2 Å². The molecule has 0 aliphatic rings. The summed E-state index contributed by atoms with van der Waals surface area (Å²) in [6.07, 6.45) is -0.179. The Labute approximate surface area is 84.9 Å². The third-order valence-electron chi connectivity index (χ3n) is 1.82. The maximum atomic E-state index is 12.8. The van der Waals surface area contributed by atoms with Crippen molar-refractivity contribution in [1.29, 1.82) is 5.26 Å². The van der Waals surface area contributed by atoms with Crippen LogP contribution in [0.5, 0.6) is 0 Å². The first kappa shape index (κ1) is 11.1. The molecule has 5 heteroatoms. The van der Waals surface area contributed by atoms with Gasteiger partial charge >= 0.3 is 5.97 Å². The Hall–Kier alpha value is -1.96. The van der Waals surface area contributed by atoms with Crippen molar-refractivity contribution in [3.05, 3.63) is 34.9 Å². The third-order valence-corrected chi connectivity index (χ3v) is 1.82. The summed E-state index contributed by atoms with van der Waals surface area (Å²) in [5, 5.41) is 8.44. The topological polar surface area (TPSA) is 50.1 Å². The SMILES string of the molecule is COC(=O)c1cc(F)c(F)cc1CC#N. The van der Waals surface area contributed by atoms with E-state index in [0.29, 0.717) is 0 Å². The van der Waals surface area contributed by atoms with Crippen LogP contribution >= 0.6 is 0 Å². The molecule has 3 nitrogen and oxygen atoms in total. The number of nitrogens with zero attached hydrogens (tertiary/aromatic N) is 1. The highest BCUT2D eigenvalue weighted by molar-refractivity contribution is 5.91. The molecule has 0 unspecified atom stereocenters. The van der Waals surface area contributed by atoms with Gasteiger partial charge in [0, 0.05) is 0 Å². The van der Waals surface area contributed by atoms with E-state index in [1.54, 1.807) is 6.07 Å². The van der Waals surface area contributed by atoms with E-state index in [1.165, 1.54) is 0 Å². The van der Waals surface area contributed by atoms with Crippen molar-refractivity contribution in [2.45, 2.75) is 6.42 Å². The highest BCUT2D eigenvalue weighted by atomic mass is 19.2. The zero-order chi connectivity index (χ0) is 11.4. The van der Waals surface area contributed by atoms with E-state index in [2.05, 4.69) is 4.74 Å². The highest BCUT2D eigenvalue weighted by Gasteiger charge is 2.15. The number of methoxy groups -OCH3 is 1. The van der Waals surface area contributed by atoms with Crippen LogP contribution in [-0.2, 0) is 11.2 Å². The average Bonchev–Trinajstić information content (AvgIpc) is 2.22. The van der Waals surface area contributed by atoms with Crippen molar-refractivity contribution in [2.24, 2.45) is 0 Å². The predicted octanol–water partition coefficient (Wildman–Crippen LogP) is 1.82. The van der Waals surface area contributed by atoms with Gasteiger partial charge in [0.05, 0.1) is 25.2 Å². The fourth-order valence-corrected chi connectivity index (χ4v) is 1.12. The molecule has 78 valence electrons. The number of hydrogen-bond donors (Lipinski definition) is 0. The molecule has 0 aromatic heterocycles. The van der Waals surface area contributed by atoms with Gasteiger partial charge < -0.3 is 4.74 Å². The summed E-state index contributed by atoms with van der Waals surface area (Å²) >= 11 is 0. The molecule has 0 saturated heterocycles. The standard InChI is InChI=1S/C10H7F2NO2/c1-15-10(14)7-5-9(12)8(11)4-6(7)2-3-13/h4-5H,2H2,1H3. The van der Waals surface area contributed by atoms with Crippen molar-refractivity contribution < 1.29 is 18.3 Å². The Bertz CT molecular complexity index is 438. The summed E-state index contributed by atoms with van der Waals surface area (Å²) in [5.74, 6) is -3.02. The summed E-state index contributed by atoms with van der Waals surface area (Å²) in [5.41, 5.74) is -0.0128. The van der Waals surface area contributed by atoms with Crippen LogP contribution in [0.2, 0.25) is 0 Å². The number of ether oxygens (including phenoxy) is 1. The Kier molecular flexibility index (Phi) is 3.34. The van der Waals surface area contributed by atoms with Crippen LogP contribution in [0.4, 0.5) is 8.78 Å². The molecule has 15 heavy (non-hydrogen) atoms. The number of benzene rings is 1. The number of carbonyl (C=O) groups is 1. The van der Waals surface area contributed by atoms with Gasteiger partial charge in [-0.25, -0.2) is 13.6 Å². The van der Waals surface area contributed by atoms with E-state index < -0.39 is 17.6 Å². The Morgan fingerprint density at radius 2 is 2.07 bits per heavy atom. The zero-order valence-electron chi connectivity index (χ0n) is 7.88. The van der Waals surface area contributed by atoms with Gasteiger partial charge in [-0.2, -0.15) is 5.26 Å². The van der Waals surface area contributed by atoms with Gasteiger partial charge in [0.2, 0.25) is 0 Å². The van der Waals surface area contributed by atoms with Crippen molar-refractivity contribution in [3.8, 4) is 6.07 Å². The molecule has 0 heterocycles. The number of carbonyl (C=O) groups excluding carboxylic acids is 1. The molecule has 1 aromatic rings. The molecule has 1 rings (SSSR count). The molecule has 0 N–H and O–H groups in total. The number of nitriles is 1. The summed E-state index contributed by atoms with van der Waals surface area (Å²) < 4.78 is 30.0. The maximum Gasteiger partial charge on any atom is 0.338 e. The van der Waals surface area contributed by atoms with E-state index in [-0.39, 0.29) is 17.5 Å². The Balaban J connectivity index is 3.29. The normalized spacial score (nSPS) is 9.47. The fraction of sp³-hybridized carbons (Fsp3) is 0.200. The lowest BCUT2D eigenvalue weighted by Crippen LogP contribution is -2.07. The summed E-state index contributed by atoms with van der Waals surface area (Å²) in [4.78, 5) is 11.2. The monoisotopic (exact) mass is 211 g/mol. The lowest BCUT2D eigenvalue weighted by atomic mass is 10.0. The minimum atomic E-state index is -1.14. The minimum absolute atomic E-state index is 0.114. The summed E-state index contributed by atoms with van der Waals surface area (Å²) in [7, 11) is 1.12. The van der Waals surface area contributed by atoms with Crippen LogP contribution in [-0.4, -0.2) is 13.1 Å². The largest absolute Gasteiger partial charge is 0.465 e. The van der Waals surface area contributed by atoms with Gasteiger partial charge in [0.15, 0.2) is 11.6 Å². The quantitative estimate of drug-likeness (QED) is 0.701. The lowest BCUT2D eigenvalue weighted by molar-refractivity contribution is 0.0599. The van der Waals surface area contributed by atoms with Gasteiger partial charge in [-0.15, -0.1) is 0 Å². The number of rotatable bonds is 2. The molecule has 0 amide bonds. The number of halogens is 2. The molecule has 0 radical (unpaired) electrons. The van der Waals surface area contributed by atoms with Crippen molar-refractivity contribution >= 4 is 5.97 Å². The van der Waals surface area contributed by atoms with Crippen LogP contribution in [0.15, 0.2) is 12.1 Å². The predicted molar refractivity (Wildman–Crippen MR) is 47.0 cm³/mol. The van der Waals surface area contributed by atoms with Crippen LogP contribution in [0.3, 0.4) is 0 Å². The van der Waals surface area contributed by atoms with Crippen molar-refractivity contribution in [1.82, 2.24) is 0 Å². The average molecular weight is 211 g/mol. The molecule has 0 aliphatic heterocycles. The second-order valence-corrected chi connectivity index (χ2v) is 2.75. The van der Waals surface area contributed by atoms with Crippen LogP contribution in [0.25, 0.3) is 0 Å². The molecule has 0 saturated carbocycles. The Morgan fingerprint density at radius 1 is 1.47 bits per heavy atom. The second kappa shape index (κ2) is 4.51. The Morgan fingerprint density at radius 3 is 2.60 bits per heavy atom. The van der Waals surface area contributed by atoms with E-state index in [9.17, 15) is 13.6 Å². The van der Waals surface area contributed by atoms with Gasteiger partial charge in [0.25, 0.3) is 0 Å². The van der Waals surface area contributed by atoms with Gasteiger partial charge in [0.1, 0.15) is 0 Å². The van der Waals surface area contributed by atoms with Crippen molar-refractivity contribution in [2.75, 3.05) is 7.11 Å². The van der Waals surface area contributed by atoms with E-state index >= 15 is 0 Å². The molecule has 0 atom stereocenters. The number of esters is 1. The zero-order valence-corrected chi connectivity index (χ0v) is 7.88. The molecule has 0 fully saturated rings. The second-order valence-electron chi connectivity index (χ2n) is 2.75.